The summed E-state index contributed by atoms with van der Waals surface area (Å²) in [6.07, 6.45) is 0.260. The highest BCUT2D eigenvalue weighted by Crippen LogP contribution is 2.20. The maximum atomic E-state index is 11.9. The highest BCUT2D eigenvalue weighted by Gasteiger charge is 2.40. The van der Waals surface area contributed by atoms with Crippen LogP contribution >= 0.6 is 0 Å². The van der Waals surface area contributed by atoms with Crippen LogP contribution in [0.15, 0.2) is 0 Å². The molecule has 3 N–H and O–H groups in total. The number of nitrogens with two attached hydrogens (primary N) is 1. The summed E-state index contributed by atoms with van der Waals surface area (Å²) in [6.45, 7) is 5.44. The minimum Gasteiger partial charge on any atom is -0.444 e. The fraction of sp³-hybridized carbons (Fsp3) is 0.727. The molecule has 0 aliphatic carbocycles. The second kappa shape index (κ2) is 5.24. The molecule has 1 fully saturated rings. The minimum atomic E-state index is -0.739. The lowest BCUT2D eigenvalue weighted by atomic mass is 10.1. The average Bonchev–Trinajstić information content (AvgIpc) is 2.59. The van der Waals surface area contributed by atoms with Crippen LogP contribution in [0.2, 0.25) is 0 Å². The van der Waals surface area contributed by atoms with Gasteiger partial charge in [-0.2, -0.15) is 0 Å². The van der Waals surface area contributed by atoms with E-state index in [1.807, 2.05) is 0 Å². The molecule has 0 aromatic rings. The summed E-state index contributed by atoms with van der Waals surface area (Å²) >= 11 is 0. The smallest absolute Gasteiger partial charge is 0.411 e. The third-order valence-electron chi connectivity index (χ3n) is 2.56. The number of ether oxygens (including phenoxy) is 1. The molecule has 0 spiro atoms. The van der Waals surface area contributed by atoms with E-state index in [0.717, 1.165) is 0 Å². The van der Waals surface area contributed by atoms with Gasteiger partial charge < -0.3 is 15.8 Å². The lowest BCUT2D eigenvalue weighted by Gasteiger charge is -2.27. The first-order valence-electron chi connectivity index (χ1n) is 5.73. The van der Waals surface area contributed by atoms with Crippen molar-refractivity contribution in [3.63, 3.8) is 0 Å². The van der Waals surface area contributed by atoms with Crippen LogP contribution in [0.5, 0.6) is 0 Å². The first-order chi connectivity index (χ1) is 8.24. The van der Waals surface area contributed by atoms with E-state index >= 15 is 0 Å². The quantitative estimate of drug-likeness (QED) is 0.671. The van der Waals surface area contributed by atoms with Crippen LogP contribution in [0.3, 0.4) is 0 Å². The van der Waals surface area contributed by atoms with E-state index in [-0.39, 0.29) is 12.6 Å². The van der Waals surface area contributed by atoms with Gasteiger partial charge in [-0.25, -0.2) is 4.79 Å². The molecule has 0 aromatic carbocycles. The zero-order valence-electron chi connectivity index (χ0n) is 10.8. The maximum Gasteiger partial charge on any atom is 0.411 e. The molecule has 0 aromatic heterocycles. The molecule has 1 rings (SSSR count). The van der Waals surface area contributed by atoms with Gasteiger partial charge >= 0.3 is 6.09 Å². The van der Waals surface area contributed by atoms with Crippen LogP contribution in [0, 0.1) is 0 Å². The molecule has 1 aliphatic rings. The zero-order chi connectivity index (χ0) is 13.9. The molecule has 1 aliphatic heterocycles. The van der Waals surface area contributed by atoms with Crippen molar-refractivity contribution >= 4 is 18.4 Å². The molecular formula is C11H19N3O4. The van der Waals surface area contributed by atoms with E-state index in [9.17, 15) is 14.4 Å². The number of nitrogens with one attached hydrogen (secondary N) is 1. The fourth-order valence-electron chi connectivity index (χ4n) is 1.84. The minimum absolute atomic E-state index is 0.223. The molecule has 2 unspecified atom stereocenters. The number of likely N-dealkylation sites (tertiary alicyclic amines) is 1. The molecule has 3 amide bonds. The summed E-state index contributed by atoms with van der Waals surface area (Å²) in [5, 5.41) is 2.54. The Labute approximate surface area is 106 Å². The molecular weight excluding hydrogens is 238 g/mol. The Morgan fingerprint density at radius 1 is 1.44 bits per heavy atom. The van der Waals surface area contributed by atoms with Gasteiger partial charge in [0, 0.05) is 12.6 Å². The van der Waals surface area contributed by atoms with Gasteiger partial charge in [-0.3, -0.25) is 14.5 Å². The summed E-state index contributed by atoms with van der Waals surface area (Å²) in [5.41, 5.74) is 4.60. The van der Waals surface area contributed by atoms with Crippen molar-refractivity contribution in [2.24, 2.45) is 5.73 Å². The van der Waals surface area contributed by atoms with Crippen molar-refractivity contribution in [2.45, 2.75) is 44.9 Å². The van der Waals surface area contributed by atoms with Gasteiger partial charge in [0.05, 0.1) is 0 Å². The van der Waals surface area contributed by atoms with Gasteiger partial charge in [-0.1, -0.05) is 0 Å². The van der Waals surface area contributed by atoms with Gasteiger partial charge in [0.15, 0.2) is 0 Å². The third-order valence-corrected chi connectivity index (χ3v) is 2.56. The number of nitrogens with zero attached hydrogens (tertiary/aromatic N) is 1. The monoisotopic (exact) mass is 257 g/mol. The molecule has 18 heavy (non-hydrogen) atoms. The number of carbonyl (C=O) groups excluding carboxylic acids is 3. The van der Waals surface area contributed by atoms with Crippen LogP contribution in [0.25, 0.3) is 0 Å². The largest absolute Gasteiger partial charge is 0.444 e. The van der Waals surface area contributed by atoms with Gasteiger partial charge in [0.25, 0.3) is 0 Å². The van der Waals surface area contributed by atoms with Gasteiger partial charge in [-0.15, -0.1) is 0 Å². The predicted octanol–water partition coefficient (Wildman–Crippen LogP) is -0.404. The number of hydrogen-bond acceptors (Lipinski definition) is 4. The van der Waals surface area contributed by atoms with Gasteiger partial charge in [0.2, 0.25) is 12.3 Å². The average molecular weight is 257 g/mol. The molecule has 1 heterocycles. The normalized spacial score (nSPS) is 23.6. The molecule has 7 nitrogen and oxygen atoms in total. The topological polar surface area (TPSA) is 102 Å². The van der Waals surface area contributed by atoms with Gasteiger partial charge in [-0.05, 0) is 27.2 Å². The van der Waals surface area contributed by atoms with Crippen LogP contribution in [-0.2, 0) is 14.3 Å². The Bertz CT molecular complexity index is 351. The molecule has 0 radical (unpaired) electrons. The van der Waals surface area contributed by atoms with Crippen LogP contribution < -0.4 is 11.1 Å². The first kappa shape index (κ1) is 14.3. The predicted molar refractivity (Wildman–Crippen MR) is 63.5 cm³/mol. The summed E-state index contributed by atoms with van der Waals surface area (Å²) in [6, 6.07) is -1.01. The molecule has 2 atom stereocenters. The maximum absolute atomic E-state index is 11.9. The van der Waals surface area contributed by atoms with Crippen molar-refractivity contribution in [1.82, 2.24) is 10.2 Å². The molecule has 0 bridgehead atoms. The second-order valence-corrected chi connectivity index (χ2v) is 5.27. The zero-order valence-corrected chi connectivity index (χ0v) is 10.8. The van der Waals surface area contributed by atoms with Crippen molar-refractivity contribution < 1.29 is 19.1 Å². The second-order valence-electron chi connectivity index (χ2n) is 5.27. The lowest BCUT2D eigenvalue weighted by molar-refractivity contribution is -0.122. The van der Waals surface area contributed by atoms with Crippen LogP contribution in [-0.4, -0.2) is 47.5 Å². The van der Waals surface area contributed by atoms with Gasteiger partial charge in [0.1, 0.15) is 11.6 Å². The Hall–Kier alpha value is -1.79. The summed E-state index contributed by atoms with van der Waals surface area (Å²) < 4.78 is 5.19. The van der Waals surface area contributed by atoms with Crippen LogP contribution in [0.4, 0.5) is 4.79 Å². The summed E-state index contributed by atoms with van der Waals surface area (Å²) in [5.74, 6) is -0.601. The third kappa shape index (κ3) is 3.61. The number of rotatable bonds is 3. The number of carbonyl (C=O) groups is 3. The Kier molecular flexibility index (Phi) is 4.15. The van der Waals surface area contributed by atoms with E-state index in [4.69, 9.17) is 10.5 Å². The highest BCUT2D eigenvalue weighted by atomic mass is 16.6. The highest BCUT2D eigenvalue weighted by molar-refractivity contribution is 5.85. The Morgan fingerprint density at radius 2 is 2.06 bits per heavy atom. The molecule has 1 saturated heterocycles. The molecule has 7 heteroatoms. The molecule has 102 valence electrons. The van der Waals surface area contributed by atoms with E-state index < -0.39 is 23.6 Å². The number of hydrogen-bond donors (Lipinski definition) is 2. The van der Waals surface area contributed by atoms with E-state index in [2.05, 4.69) is 5.32 Å². The fourth-order valence-corrected chi connectivity index (χ4v) is 1.84. The lowest BCUT2D eigenvalue weighted by Crippen LogP contribution is -2.46. The summed E-state index contributed by atoms with van der Waals surface area (Å²) in [7, 11) is 0. The van der Waals surface area contributed by atoms with E-state index in [1.165, 1.54) is 4.90 Å². The van der Waals surface area contributed by atoms with Crippen LogP contribution in [0.1, 0.15) is 27.2 Å². The SMILES string of the molecule is CC(C)(C)OC(=O)N1CC(NC=O)CC1C(N)=O. The van der Waals surface area contributed by atoms with E-state index in [1.54, 1.807) is 20.8 Å². The standard InChI is InChI=1S/C11H19N3O4/c1-11(2,3)18-10(17)14-5-7(13-6-15)4-8(14)9(12)16/h6-8H,4-5H2,1-3H3,(H2,12,16)(H,13,15). The Morgan fingerprint density at radius 3 is 2.50 bits per heavy atom. The first-order valence-corrected chi connectivity index (χ1v) is 5.73. The number of primary amides is 1. The molecule has 0 saturated carbocycles. The number of amides is 3. The van der Waals surface area contributed by atoms with Crippen molar-refractivity contribution in [2.75, 3.05) is 6.54 Å². The van der Waals surface area contributed by atoms with Crippen molar-refractivity contribution in [3.8, 4) is 0 Å². The Balaban J connectivity index is 2.75. The van der Waals surface area contributed by atoms with Crippen molar-refractivity contribution in [3.05, 3.63) is 0 Å². The van der Waals surface area contributed by atoms with E-state index in [0.29, 0.717) is 12.8 Å². The van der Waals surface area contributed by atoms with Crippen molar-refractivity contribution in [1.29, 1.82) is 0 Å². The summed E-state index contributed by atoms with van der Waals surface area (Å²) in [4.78, 5) is 34.8.